The van der Waals surface area contributed by atoms with E-state index in [4.69, 9.17) is 20.4 Å². The van der Waals surface area contributed by atoms with Crippen LogP contribution in [0.1, 0.15) is 0 Å². The van der Waals surface area contributed by atoms with Crippen LogP contribution >= 0.6 is 0 Å². The lowest BCUT2D eigenvalue weighted by atomic mass is 10.8. The molecule has 1 aliphatic rings. The zero-order valence-corrected chi connectivity index (χ0v) is 6.94. The van der Waals surface area contributed by atoms with Gasteiger partial charge in [0.2, 0.25) is 0 Å². The lowest BCUT2D eigenvalue weighted by molar-refractivity contribution is 0.186. The molecule has 78 valence electrons. The maximum Gasteiger partial charge on any atom is 0.0701 e. The largest absolute Gasteiger partial charge is 0.412 e. The van der Waals surface area contributed by atoms with Crippen LogP contribution in [0.2, 0.25) is 0 Å². The van der Waals surface area contributed by atoms with E-state index in [0.717, 1.165) is 13.2 Å². The van der Waals surface area contributed by atoms with Crippen LogP contribution in [-0.4, -0.2) is 65.5 Å². The Balaban J connectivity index is -0.0000000975. The maximum absolute atomic E-state index is 7.62. The van der Waals surface area contributed by atoms with Crippen molar-refractivity contribution in [1.82, 2.24) is 0 Å². The Morgan fingerprint density at radius 1 is 0.750 bits per heavy atom. The van der Waals surface area contributed by atoms with Gasteiger partial charge in [-0.15, -0.1) is 0 Å². The van der Waals surface area contributed by atoms with Crippen molar-refractivity contribution in [3.8, 4) is 0 Å². The summed E-state index contributed by atoms with van der Waals surface area (Å²) in [4.78, 5) is 0. The molecular weight excluding hydrogens is 168 g/mol. The van der Waals surface area contributed by atoms with E-state index >= 15 is 0 Å². The molecule has 6 heteroatoms. The molecule has 0 aromatic heterocycles. The van der Waals surface area contributed by atoms with Gasteiger partial charge in [-0.3, -0.25) is 0 Å². The standard InChI is InChI=1S/2C2H6O2.C2H4O.H2O/c2*3-1-2-4;1-2-3-1;/h2*3-4H,1-2H2;1-2H2;1H2. The normalized spacial score (nSPS) is 11.0. The average molecular weight is 186 g/mol. The topological polar surface area (TPSA) is 125 Å². The summed E-state index contributed by atoms with van der Waals surface area (Å²) in [5.74, 6) is 0. The fraction of sp³-hybridized carbons (Fsp3) is 1.00. The Hall–Kier alpha value is -0.240. The van der Waals surface area contributed by atoms with Crippen LogP contribution in [0.3, 0.4) is 0 Å². The number of hydrogen-bond acceptors (Lipinski definition) is 5. The van der Waals surface area contributed by atoms with Gasteiger partial charge >= 0.3 is 0 Å². The van der Waals surface area contributed by atoms with E-state index in [-0.39, 0.29) is 31.9 Å². The first kappa shape index (κ1) is 17.7. The third kappa shape index (κ3) is 98.3. The first-order chi connectivity index (χ1) is 5.33. The molecule has 0 aliphatic carbocycles. The molecular formula is C6H18O6. The van der Waals surface area contributed by atoms with Crippen LogP contribution in [0.4, 0.5) is 0 Å². The Labute approximate surface area is 71.3 Å². The van der Waals surface area contributed by atoms with Gasteiger partial charge in [-0.2, -0.15) is 0 Å². The molecule has 0 atom stereocenters. The molecule has 6 nitrogen and oxygen atoms in total. The summed E-state index contributed by atoms with van der Waals surface area (Å²) in [6.07, 6.45) is 0. The summed E-state index contributed by atoms with van der Waals surface area (Å²) in [5.41, 5.74) is 0. The second kappa shape index (κ2) is 22.4. The van der Waals surface area contributed by atoms with Crippen molar-refractivity contribution in [1.29, 1.82) is 0 Å². The molecule has 12 heavy (non-hydrogen) atoms. The smallest absolute Gasteiger partial charge is 0.0701 e. The minimum absolute atomic E-state index is 0. The summed E-state index contributed by atoms with van der Waals surface area (Å²) >= 11 is 0. The number of aliphatic hydroxyl groups excluding tert-OH is 4. The Morgan fingerprint density at radius 2 is 0.917 bits per heavy atom. The van der Waals surface area contributed by atoms with E-state index in [9.17, 15) is 0 Å². The monoisotopic (exact) mass is 186 g/mol. The van der Waals surface area contributed by atoms with Gasteiger partial charge in [-0.25, -0.2) is 0 Å². The van der Waals surface area contributed by atoms with Crippen LogP contribution in [0.15, 0.2) is 0 Å². The van der Waals surface area contributed by atoms with Gasteiger partial charge < -0.3 is 30.6 Å². The quantitative estimate of drug-likeness (QED) is 0.345. The van der Waals surface area contributed by atoms with Crippen LogP contribution in [0.25, 0.3) is 0 Å². The molecule has 1 saturated heterocycles. The van der Waals surface area contributed by atoms with Crippen molar-refractivity contribution in [3.05, 3.63) is 0 Å². The van der Waals surface area contributed by atoms with Crippen molar-refractivity contribution >= 4 is 0 Å². The minimum atomic E-state index is -0.125. The molecule has 1 fully saturated rings. The van der Waals surface area contributed by atoms with Crippen LogP contribution in [0, 0.1) is 0 Å². The molecule has 0 saturated carbocycles. The highest BCUT2D eigenvalue weighted by Crippen LogP contribution is 1.84. The average Bonchev–Trinajstić information content (AvgIpc) is 2.90. The summed E-state index contributed by atoms with van der Waals surface area (Å²) in [5, 5.41) is 30.5. The molecule has 1 aliphatic heterocycles. The predicted octanol–water partition coefficient (Wildman–Crippen LogP) is -2.87. The maximum atomic E-state index is 7.62. The van der Waals surface area contributed by atoms with E-state index in [0.29, 0.717) is 0 Å². The Bertz CT molecular complexity index is 38.5. The zero-order chi connectivity index (χ0) is 8.95. The second-order valence-electron chi connectivity index (χ2n) is 1.51. The van der Waals surface area contributed by atoms with Gasteiger partial charge in [0.15, 0.2) is 0 Å². The van der Waals surface area contributed by atoms with E-state index < -0.39 is 0 Å². The molecule has 0 spiro atoms. The van der Waals surface area contributed by atoms with Crippen molar-refractivity contribution in [2.45, 2.75) is 0 Å². The van der Waals surface area contributed by atoms with Crippen molar-refractivity contribution in [2.24, 2.45) is 0 Å². The highest BCUT2D eigenvalue weighted by Gasteiger charge is 1.94. The molecule has 0 aromatic rings. The molecule has 0 radical (unpaired) electrons. The van der Waals surface area contributed by atoms with Gasteiger partial charge in [0.25, 0.3) is 0 Å². The molecule has 1 rings (SSSR count). The van der Waals surface area contributed by atoms with Crippen LogP contribution in [0.5, 0.6) is 0 Å². The van der Waals surface area contributed by atoms with E-state index in [1.807, 2.05) is 0 Å². The van der Waals surface area contributed by atoms with Gasteiger partial charge in [-0.05, 0) is 0 Å². The molecule has 1 heterocycles. The third-order valence-corrected chi connectivity index (χ3v) is 0.404. The van der Waals surface area contributed by atoms with Gasteiger partial charge in [0.05, 0.1) is 39.6 Å². The summed E-state index contributed by atoms with van der Waals surface area (Å²) in [7, 11) is 0. The summed E-state index contributed by atoms with van der Waals surface area (Å²) in [6, 6.07) is 0. The fourth-order valence-corrected chi connectivity index (χ4v) is 0. The highest BCUT2D eigenvalue weighted by molar-refractivity contribution is 4.36. The van der Waals surface area contributed by atoms with Crippen LogP contribution in [-0.2, 0) is 4.74 Å². The van der Waals surface area contributed by atoms with E-state index in [1.54, 1.807) is 0 Å². The van der Waals surface area contributed by atoms with Crippen molar-refractivity contribution in [2.75, 3.05) is 39.6 Å². The first-order valence-electron chi connectivity index (χ1n) is 3.34. The minimum Gasteiger partial charge on any atom is -0.412 e. The van der Waals surface area contributed by atoms with Gasteiger partial charge in [-0.1, -0.05) is 0 Å². The first-order valence-corrected chi connectivity index (χ1v) is 3.34. The predicted molar refractivity (Wildman–Crippen MR) is 42.8 cm³/mol. The van der Waals surface area contributed by atoms with E-state index in [1.165, 1.54) is 0 Å². The summed E-state index contributed by atoms with van der Waals surface area (Å²) < 4.78 is 4.50. The van der Waals surface area contributed by atoms with E-state index in [2.05, 4.69) is 4.74 Å². The number of hydrogen-bond donors (Lipinski definition) is 4. The fourth-order valence-electron chi connectivity index (χ4n) is 0. The van der Waals surface area contributed by atoms with Gasteiger partial charge in [0, 0.05) is 0 Å². The number of rotatable bonds is 2. The molecule has 6 N–H and O–H groups in total. The van der Waals surface area contributed by atoms with Gasteiger partial charge in [0.1, 0.15) is 0 Å². The lowest BCUT2D eigenvalue weighted by Crippen LogP contribution is -1.85. The summed E-state index contributed by atoms with van der Waals surface area (Å²) in [6.45, 7) is 1.50. The zero-order valence-electron chi connectivity index (χ0n) is 6.94. The molecule has 0 amide bonds. The Kier molecular flexibility index (Phi) is 33.2. The Morgan fingerprint density at radius 3 is 0.917 bits per heavy atom. The number of epoxide rings is 1. The number of ether oxygens (including phenoxy) is 1. The highest BCUT2D eigenvalue weighted by atomic mass is 16.6. The molecule has 0 unspecified atom stereocenters. The molecule has 0 aromatic carbocycles. The SMILES string of the molecule is C1CO1.O.OCCO.OCCO. The van der Waals surface area contributed by atoms with Crippen LogP contribution < -0.4 is 0 Å². The second-order valence-corrected chi connectivity index (χ2v) is 1.51. The third-order valence-electron chi connectivity index (χ3n) is 0.404. The lowest BCUT2D eigenvalue weighted by Gasteiger charge is -1.70. The number of aliphatic hydroxyl groups is 4. The van der Waals surface area contributed by atoms with Crippen molar-refractivity contribution < 1.29 is 30.6 Å². The molecule has 0 bridgehead atoms. The van der Waals surface area contributed by atoms with Crippen molar-refractivity contribution in [3.63, 3.8) is 0 Å².